The highest BCUT2D eigenvalue weighted by molar-refractivity contribution is 6.23. The number of hydrogen-bond acceptors (Lipinski definition) is 6. The quantitative estimate of drug-likeness (QED) is 0.243. The highest BCUT2D eigenvalue weighted by atomic mass is 16.6. The van der Waals surface area contributed by atoms with Crippen LogP contribution in [0.1, 0.15) is 37.9 Å². The number of β-lactam (4-membered cyclic amide) rings is 1. The number of methoxy groups -OCH3 is 1. The Bertz CT molecular complexity index is 1280. The van der Waals surface area contributed by atoms with Gasteiger partial charge in [0.2, 0.25) is 5.91 Å². The minimum Gasteiger partial charge on any atom is -0.497 e. The van der Waals surface area contributed by atoms with Crippen molar-refractivity contribution in [2.75, 3.05) is 7.11 Å². The Balaban J connectivity index is 1.50. The summed E-state index contributed by atoms with van der Waals surface area (Å²) < 4.78 is 5.18. The molecule has 0 aliphatic carbocycles. The highest BCUT2D eigenvalue weighted by Crippen LogP contribution is 2.42. The standard InChI is InChI=1S/C25H19N3O6/c1-34-18-12-6-15(7-13-18)14-26-21(16-8-10-17(11-9-16)28(32)33)22(25(26)31)27-23(29)19-4-2-3-5-20(19)24(27)30/h2-13,21-22H,14H2,1H3/t21-,22+/m1/s1. The van der Waals surface area contributed by atoms with E-state index in [2.05, 4.69) is 0 Å². The van der Waals surface area contributed by atoms with Crippen LogP contribution in [0, 0.1) is 10.1 Å². The number of fused-ring (bicyclic) bond motifs is 1. The summed E-state index contributed by atoms with van der Waals surface area (Å²) in [7, 11) is 1.56. The molecule has 34 heavy (non-hydrogen) atoms. The molecule has 0 radical (unpaired) electrons. The van der Waals surface area contributed by atoms with Crippen LogP contribution < -0.4 is 4.74 Å². The second-order valence-corrected chi connectivity index (χ2v) is 8.08. The fourth-order valence-electron chi connectivity index (χ4n) is 4.50. The van der Waals surface area contributed by atoms with Gasteiger partial charge in [-0.15, -0.1) is 0 Å². The molecule has 3 aromatic carbocycles. The Morgan fingerprint density at radius 3 is 1.97 bits per heavy atom. The third kappa shape index (κ3) is 3.29. The van der Waals surface area contributed by atoms with Gasteiger partial charge in [0.05, 0.1) is 29.2 Å². The molecule has 0 N–H and O–H groups in total. The van der Waals surface area contributed by atoms with E-state index in [1.165, 1.54) is 12.1 Å². The van der Waals surface area contributed by atoms with Gasteiger partial charge in [-0.3, -0.25) is 29.4 Å². The largest absolute Gasteiger partial charge is 0.497 e. The molecule has 3 aromatic rings. The normalized spacial score (nSPS) is 19.1. The predicted octanol–water partition coefficient (Wildman–Crippen LogP) is 3.35. The lowest BCUT2D eigenvalue weighted by Gasteiger charge is -2.50. The fraction of sp³-hybridized carbons (Fsp3) is 0.160. The van der Waals surface area contributed by atoms with Crippen LogP contribution in [-0.2, 0) is 11.3 Å². The van der Waals surface area contributed by atoms with Crippen LogP contribution in [0.15, 0.2) is 72.8 Å². The lowest BCUT2D eigenvalue weighted by atomic mass is 9.86. The fourth-order valence-corrected chi connectivity index (χ4v) is 4.50. The van der Waals surface area contributed by atoms with Gasteiger partial charge in [-0.2, -0.15) is 0 Å². The molecule has 170 valence electrons. The van der Waals surface area contributed by atoms with Crippen LogP contribution in [0.5, 0.6) is 5.75 Å². The summed E-state index contributed by atoms with van der Waals surface area (Å²) >= 11 is 0. The van der Waals surface area contributed by atoms with Gasteiger partial charge in [-0.25, -0.2) is 0 Å². The van der Waals surface area contributed by atoms with Crippen molar-refractivity contribution in [3.63, 3.8) is 0 Å². The van der Waals surface area contributed by atoms with Gasteiger partial charge in [-0.1, -0.05) is 36.4 Å². The van der Waals surface area contributed by atoms with Crippen LogP contribution in [0.4, 0.5) is 5.69 Å². The third-order valence-electron chi connectivity index (χ3n) is 6.23. The number of benzene rings is 3. The van der Waals surface area contributed by atoms with Crippen molar-refractivity contribution < 1.29 is 24.0 Å². The van der Waals surface area contributed by atoms with E-state index >= 15 is 0 Å². The van der Waals surface area contributed by atoms with Crippen LogP contribution >= 0.6 is 0 Å². The summed E-state index contributed by atoms with van der Waals surface area (Å²) in [6.45, 7) is 0.240. The molecule has 3 amide bonds. The average Bonchev–Trinajstić information content (AvgIpc) is 3.11. The van der Waals surface area contributed by atoms with E-state index in [4.69, 9.17) is 4.74 Å². The first-order valence-electron chi connectivity index (χ1n) is 10.6. The van der Waals surface area contributed by atoms with Gasteiger partial charge in [0.1, 0.15) is 11.8 Å². The zero-order valence-corrected chi connectivity index (χ0v) is 18.1. The van der Waals surface area contributed by atoms with Gasteiger partial charge in [0.25, 0.3) is 17.5 Å². The zero-order chi connectivity index (χ0) is 24.0. The van der Waals surface area contributed by atoms with Crippen molar-refractivity contribution in [1.29, 1.82) is 0 Å². The molecular weight excluding hydrogens is 438 g/mol. The summed E-state index contributed by atoms with van der Waals surface area (Å²) in [6.07, 6.45) is 0. The number of nitro groups is 1. The molecule has 2 aliphatic heterocycles. The first-order chi connectivity index (χ1) is 16.4. The number of rotatable bonds is 6. The summed E-state index contributed by atoms with van der Waals surface area (Å²) in [5, 5.41) is 11.1. The van der Waals surface area contributed by atoms with E-state index in [9.17, 15) is 24.5 Å². The van der Waals surface area contributed by atoms with Crippen LogP contribution in [0.3, 0.4) is 0 Å². The average molecular weight is 457 g/mol. The molecule has 2 aliphatic rings. The van der Waals surface area contributed by atoms with Crippen LogP contribution in [0.2, 0.25) is 0 Å². The first-order valence-corrected chi connectivity index (χ1v) is 10.6. The Morgan fingerprint density at radius 1 is 0.853 bits per heavy atom. The minimum absolute atomic E-state index is 0.0895. The second-order valence-electron chi connectivity index (χ2n) is 8.08. The van der Waals surface area contributed by atoms with E-state index in [0.717, 1.165) is 10.5 Å². The Labute approximate surface area is 194 Å². The van der Waals surface area contributed by atoms with Crippen molar-refractivity contribution in [2.45, 2.75) is 18.6 Å². The number of non-ortho nitro benzene ring substituents is 1. The molecule has 9 heteroatoms. The lowest BCUT2D eigenvalue weighted by molar-refractivity contribution is -0.384. The van der Waals surface area contributed by atoms with Gasteiger partial charge < -0.3 is 9.64 Å². The maximum atomic E-state index is 13.3. The summed E-state index contributed by atoms with van der Waals surface area (Å²) in [6, 6.07) is 17.8. The summed E-state index contributed by atoms with van der Waals surface area (Å²) in [4.78, 5) is 52.6. The monoisotopic (exact) mass is 457 g/mol. The second kappa shape index (κ2) is 8.11. The van der Waals surface area contributed by atoms with Crippen molar-refractivity contribution in [3.8, 4) is 5.75 Å². The van der Waals surface area contributed by atoms with Gasteiger partial charge in [0.15, 0.2) is 0 Å². The number of carbonyl (C=O) groups is 3. The number of imide groups is 1. The Morgan fingerprint density at radius 2 is 1.44 bits per heavy atom. The van der Waals surface area contributed by atoms with Crippen LogP contribution in [0.25, 0.3) is 0 Å². The number of likely N-dealkylation sites (tertiary alicyclic amines) is 1. The topological polar surface area (TPSA) is 110 Å². The minimum atomic E-state index is -1.04. The number of nitrogens with zero attached hydrogens (tertiary/aromatic N) is 3. The number of amides is 3. The maximum Gasteiger partial charge on any atom is 0.269 e. The SMILES string of the molecule is COc1ccc(CN2C(=O)[C@@H](N3C(=O)c4ccccc4C3=O)[C@H]2c2ccc([N+](=O)[O-])cc2)cc1. The van der Waals surface area contributed by atoms with Crippen molar-refractivity contribution >= 4 is 23.4 Å². The summed E-state index contributed by atoms with van der Waals surface area (Å²) in [5.41, 5.74) is 1.86. The molecular formula is C25H19N3O6. The number of ether oxygens (including phenoxy) is 1. The molecule has 1 fully saturated rings. The third-order valence-corrected chi connectivity index (χ3v) is 6.23. The zero-order valence-electron chi connectivity index (χ0n) is 18.1. The molecule has 0 spiro atoms. The molecule has 1 saturated heterocycles. The lowest BCUT2D eigenvalue weighted by Crippen LogP contribution is -2.66. The summed E-state index contributed by atoms with van der Waals surface area (Å²) in [5.74, 6) is -0.729. The predicted molar refractivity (Wildman–Crippen MR) is 120 cm³/mol. The molecule has 0 bridgehead atoms. The number of hydrogen-bond donors (Lipinski definition) is 0. The first kappa shape index (κ1) is 21.3. The highest BCUT2D eigenvalue weighted by Gasteiger charge is 2.56. The number of carbonyl (C=O) groups excluding carboxylic acids is 3. The van der Waals surface area contributed by atoms with E-state index in [1.807, 2.05) is 12.1 Å². The Kier molecular flexibility index (Phi) is 5.09. The van der Waals surface area contributed by atoms with Crippen LogP contribution in [-0.4, -0.2) is 45.6 Å². The smallest absolute Gasteiger partial charge is 0.269 e. The molecule has 2 atom stereocenters. The van der Waals surface area contributed by atoms with Gasteiger partial charge in [0, 0.05) is 18.7 Å². The molecule has 5 rings (SSSR count). The van der Waals surface area contributed by atoms with Crippen molar-refractivity contribution in [1.82, 2.24) is 9.80 Å². The van der Waals surface area contributed by atoms with Crippen molar-refractivity contribution in [3.05, 3.63) is 105 Å². The maximum absolute atomic E-state index is 13.3. The molecule has 2 heterocycles. The van der Waals surface area contributed by atoms with E-state index in [-0.39, 0.29) is 29.3 Å². The van der Waals surface area contributed by atoms with E-state index in [0.29, 0.717) is 11.3 Å². The van der Waals surface area contributed by atoms with Crippen molar-refractivity contribution in [2.24, 2.45) is 0 Å². The Hall–Kier alpha value is -4.53. The van der Waals surface area contributed by atoms with E-state index in [1.54, 1.807) is 60.5 Å². The van der Waals surface area contributed by atoms with Gasteiger partial charge in [-0.05, 0) is 35.4 Å². The number of nitro benzene ring substituents is 1. The molecule has 0 unspecified atom stereocenters. The molecule has 9 nitrogen and oxygen atoms in total. The van der Waals surface area contributed by atoms with E-state index < -0.39 is 28.8 Å². The molecule has 0 aromatic heterocycles. The van der Waals surface area contributed by atoms with Gasteiger partial charge >= 0.3 is 0 Å². The molecule has 0 saturated carbocycles.